The molecule has 0 aliphatic heterocycles. The maximum atomic E-state index is 12.8. The monoisotopic (exact) mass is 379 g/mol. The van der Waals surface area contributed by atoms with Crippen molar-refractivity contribution in [3.63, 3.8) is 0 Å². The first-order chi connectivity index (χ1) is 12.7. The van der Waals surface area contributed by atoms with Gasteiger partial charge in [0.25, 0.3) is 0 Å². The van der Waals surface area contributed by atoms with Gasteiger partial charge in [-0.3, -0.25) is 9.48 Å². The van der Waals surface area contributed by atoms with E-state index in [4.69, 9.17) is 16.7 Å². The highest BCUT2D eigenvalue weighted by atomic mass is 35.5. The molecule has 0 fully saturated rings. The van der Waals surface area contributed by atoms with Crippen LogP contribution in [0, 0.1) is 22.7 Å². The Morgan fingerprint density at radius 2 is 1.93 bits per heavy atom. The Morgan fingerprint density at radius 1 is 1.26 bits per heavy atom. The van der Waals surface area contributed by atoms with Crippen LogP contribution in [0.3, 0.4) is 0 Å². The lowest BCUT2D eigenvalue weighted by atomic mass is 9.52. The van der Waals surface area contributed by atoms with Crippen LogP contribution in [0.25, 0.3) is 11.3 Å². The van der Waals surface area contributed by atoms with E-state index in [0.717, 1.165) is 29.8 Å². The second-order valence-electron chi connectivity index (χ2n) is 8.40. The van der Waals surface area contributed by atoms with Gasteiger partial charge in [-0.05, 0) is 30.9 Å². The van der Waals surface area contributed by atoms with Gasteiger partial charge in [0.2, 0.25) is 0 Å². The van der Waals surface area contributed by atoms with E-state index in [0.29, 0.717) is 5.02 Å². The van der Waals surface area contributed by atoms with Gasteiger partial charge in [0.15, 0.2) is 5.78 Å². The van der Waals surface area contributed by atoms with E-state index in [1.165, 1.54) is 5.56 Å². The number of ketones is 1. The zero-order valence-electron chi connectivity index (χ0n) is 16.0. The molecular weight excluding hydrogens is 358 g/mol. The zero-order chi connectivity index (χ0) is 19.6. The molecule has 5 heteroatoms. The first kappa shape index (κ1) is 18.0. The summed E-state index contributed by atoms with van der Waals surface area (Å²) in [5.41, 5.74) is 3.60. The van der Waals surface area contributed by atoms with Gasteiger partial charge in [-0.1, -0.05) is 50.6 Å². The van der Waals surface area contributed by atoms with Gasteiger partial charge in [-0.25, -0.2) is 0 Å². The number of aromatic nitrogens is 2. The Labute approximate surface area is 164 Å². The molecule has 0 unspecified atom stereocenters. The molecule has 2 aliphatic carbocycles. The maximum Gasteiger partial charge on any atom is 0.178 e. The topological polar surface area (TPSA) is 58.7 Å². The molecule has 1 aromatic carbocycles. The molecule has 1 aromatic heterocycles. The molecule has 2 atom stereocenters. The van der Waals surface area contributed by atoms with Crippen molar-refractivity contribution < 1.29 is 4.79 Å². The molecule has 4 nitrogen and oxygen atoms in total. The van der Waals surface area contributed by atoms with E-state index < -0.39 is 10.8 Å². The average Bonchev–Trinajstić information content (AvgIpc) is 2.96. The predicted octanol–water partition coefficient (Wildman–Crippen LogP) is 4.62. The Kier molecular flexibility index (Phi) is 3.87. The van der Waals surface area contributed by atoms with E-state index >= 15 is 0 Å². The number of aryl methyl sites for hydroxylation is 1. The third-order valence-electron chi connectivity index (χ3n) is 6.45. The summed E-state index contributed by atoms with van der Waals surface area (Å²) in [5.74, 6) is 0.0693. The Balaban J connectivity index is 1.95. The number of hydrogen-bond donors (Lipinski definition) is 0. The molecule has 0 spiro atoms. The first-order valence-electron chi connectivity index (χ1n) is 9.20. The summed E-state index contributed by atoms with van der Waals surface area (Å²) in [5, 5.41) is 15.1. The quantitative estimate of drug-likeness (QED) is 0.726. The third kappa shape index (κ3) is 2.41. The summed E-state index contributed by atoms with van der Waals surface area (Å²) in [6.45, 7) is 6.06. The molecule has 0 N–H and O–H groups in total. The molecule has 0 saturated carbocycles. The Morgan fingerprint density at radius 3 is 2.56 bits per heavy atom. The number of Topliss-reactive ketones (excluding diaryl/α,β-unsaturated/α-hetero) is 1. The molecule has 2 aromatic rings. The van der Waals surface area contributed by atoms with Crippen LogP contribution in [0.4, 0.5) is 0 Å². The lowest BCUT2D eigenvalue weighted by Crippen LogP contribution is -2.51. The van der Waals surface area contributed by atoms with Crippen LogP contribution in [0.5, 0.6) is 0 Å². The molecule has 1 heterocycles. The average molecular weight is 380 g/mol. The molecule has 0 radical (unpaired) electrons. The van der Waals surface area contributed by atoms with Gasteiger partial charge in [0.05, 0.1) is 17.0 Å². The SMILES string of the molecule is Cn1nc2c(c1-c1ccc(Cl)cc1)CC[C@H]1C(C)(C)C(=O)C(C#N)=C[C@]21C. The van der Waals surface area contributed by atoms with E-state index in [2.05, 4.69) is 13.0 Å². The highest BCUT2D eigenvalue weighted by molar-refractivity contribution is 6.30. The number of carbonyl (C=O) groups excluding carboxylic acids is 1. The number of fused-ring (bicyclic) bond motifs is 3. The lowest BCUT2D eigenvalue weighted by molar-refractivity contribution is -0.128. The summed E-state index contributed by atoms with van der Waals surface area (Å²) >= 11 is 6.05. The summed E-state index contributed by atoms with van der Waals surface area (Å²) in [6.07, 6.45) is 3.62. The summed E-state index contributed by atoms with van der Waals surface area (Å²) in [7, 11) is 1.95. The van der Waals surface area contributed by atoms with Crippen LogP contribution in [0.2, 0.25) is 5.02 Å². The van der Waals surface area contributed by atoms with Crippen molar-refractivity contribution >= 4 is 17.4 Å². The zero-order valence-corrected chi connectivity index (χ0v) is 16.8. The number of hydrogen-bond acceptors (Lipinski definition) is 3. The number of nitriles is 1. The van der Waals surface area contributed by atoms with Crippen LogP contribution >= 0.6 is 11.6 Å². The van der Waals surface area contributed by atoms with Crippen molar-refractivity contribution in [2.45, 2.75) is 39.0 Å². The minimum Gasteiger partial charge on any atom is -0.293 e. The van der Waals surface area contributed by atoms with Gasteiger partial charge in [0, 0.05) is 34.0 Å². The second kappa shape index (κ2) is 5.81. The minimum absolute atomic E-state index is 0.0511. The molecule has 0 bridgehead atoms. The summed E-state index contributed by atoms with van der Waals surface area (Å²) < 4.78 is 1.92. The van der Waals surface area contributed by atoms with Crippen molar-refractivity contribution in [3.8, 4) is 17.3 Å². The van der Waals surface area contributed by atoms with Gasteiger partial charge in [-0.15, -0.1) is 0 Å². The number of rotatable bonds is 1. The standard InChI is InChI=1S/C22H22ClN3O/c1-21(2)17-10-9-16-18(13-5-7-15(23)8-6-13)26(4)25-19(16)22(17,3)11-14(12-24)20(21)27/h5-8,11,17H,9-10H2,1-4H3/t17-,22-/m0/s1. The molecule has 4 rings (SSSR count). The summed E-state index contributed by atoms with van der Waals surface area (Å²) in [4.78, 5) is 12.8. The molecule has 27 heavy (non-hydrogen) atoms. The highest BCUT2D eigenvalue weighted by Gasteiger charge is 2.55. The van der Waals surface area contributed by atoms with Crippen molar-refractivity contribution in [2.75, 3.05) is 0 Å². The number of benzene rings is 1. The molecular formula is C22H22ClN3O. The molecule has 2 aliphatic rings. The van der Waals surface area contributed by atoms with Crippen LogP contribution < -0.4 is 0 Å². The minimum atomic E-state index is -0.579. The van der Waals surface area contributed by atoms with E-state index in [1.807, 2.05) is 55.9 Å². The predicted molar refractivity (Wildman–Crippen MR) is 105 cm³/mol. The van der Waals surface area contributed by atoms with Crippen molar-refractivity contribution in [3.05, 3.63) is 52.2 Å². The normalized spacial score (nSPS) is 26.0. The van der Waals surface area contributed by atoms with Crippen molar-refractivity contribution in [2.24, 2.45) is 18.4 Å². The van der Waals surface area contributed by atoms with Crippen LogP contribution in [-0.4, -0.2) is 15.6 Å². The lowest BCUT2D eigenvalue weighted by Gasteiger charge is -2.49. The van der Waals surface area contributed by atoms with Gasteiger partial charge < -0.3 is 0 Å². The van der Waals surface area contributed by atoms with Crippen LogP contribution in [-0.2, 0) is 23.7 Å². The highest BCUT2D eigenvalue weighted by Crippen LogP contribution is 2.55. The van der Waals surface area contributed by atoms with E-state index in [1.54, 1.807) is 0 Å². The number of nitrogens with zero attached hydrogens (tertiary/aromatic N) is 3. The smallest absolute Gasteiger partial charge is 0.178 e. The van der Waals surface area contributed by atoms with Gasteiger partial charge >= 0.3 is 0 Å². The number of allylic oxidation sites excluding steroid dienone is 2. The van der Waals surface area contributed by atoms with Crippen molar-refractivity contribution in [1.82, 2.24) is 9.78 Å². The van der Waals surface area contributed by atoms with Gasteiger partial charge in [0.1, 0.15) is 6.07 Å². The Bertz CT molecular complexity index is 1020. The fourth-order valence-corrected chi connectivity index (χ4v) is 5.32. The fourth-order valence-electron chi connectivity index (χ4n) is 5.19. The number of carbonyl (C=O) groups is 1. The summed E-state index contributed by atoms with van der Waals surface area (Å²) in [6, 6.07) is 9.92. The molecule has 0 saturated heterocycles. The van der Waals surface area contributed by atoms with Crippen molar-refractivity contribution in [1.29, 1.82) is 5.26 Å². The Hall–Kier alpha value is -2.38. The maximum absolute atomic E-state index is 12.8. The second-order valence-corrected chi connectivity index (χ2v) is 8.84. The van der Waals surface area contributed by atoms with Crippen LogP contribution in [0.1, 0.15) is 38.4 Å². The number of halogens is 1. The molecule has 138 valence electrons. The fraction of sp³-hybridized carbons (Fsp3) is 0.409. The molecule has 0 amide bonds. The first-order valence-corrected chi connectivity index (χ1v) is 9.58. The van der Waals surface area contributed by atoms with E-state index in [9.17, 15) is 10.1 Å². The largest absolute Gasteiger partial charge is 0.293 e. The van der Waals surface area contributed by atoms with Gasteiger partial charge in [-0.2, -0.15) is 10.4 Å². The van der Waals surface area contributed by atoms with E-state index in [-0.39, 0.29) is 17.3 Å². The van der Waals surface area contributed by atoms with Crippen LogP contribution in [0.15, 0.2) is 35.9 Å². The third-order valence-corrected chi connectivity index (χ3v) is 6.70.